The lowest BCUT2D eigenvalue weighted by molar-refractivity contribution is -0.141. The van der Waals surface area contributed by atoms with Crippen LogP contribution < -0.4 is 0 Å². The van der Waals surface area contributed by atoms with Crippen LogP contribution in [-0.2, 0) is 4.79 Å². The lowest BCUT2D eigenvalue weighted by Crippen LogP contribution is -2.41. The van der Waals surface area contributed by atoms with Crippen molar-refractivity contribution in [1.29, 1.82) is 0 Å². The van der Waals surface area contributed by atoms with Crippen molar-refractivity contribution in [1.82, 2.24) is 14.3 Å². The number of amides is 1. The molecule has 2 aromatic rings. The van der Waals surface area contributed by atoms with Crippen LogP contribution in [0.4, 0.5) is 0 Å². The van der Waals surface area contributed by atoms with Gasteiger partial charge in [0.2, 0.25) is 0 Å². The summed E-state index contributed by atoms with van der Waals surface area (Å²) in [5, 5.41) is 9.24. The van der Waals surface area contributed by atoms with Gasteiger partial charge in [0.05, 0.1) is 5.69 Å². The molecule has 1 unspecified atom stereocenters. The minimum atomic E-state index is -0.941. The Balaban J connectivity index is 2.08. The number of likely N-dealkylation sites (tertiary alicyclic amines) is 1. The van der Waals surface area contributed by atoms with Crippen LogP contribution in [0.1, 0.15) is 34.6 Å². The molecule has 1 amide bonds. The van der Waals surface area contributed by atoms with Crippen molar-refractivity contribution in [3.63, 3.8) is 0 Å². The Morgan fingerprint density at radius 1 is 1.38 bits per heavy atom. The average Bonchev–Trinajstić information content (AvgIpc) is 3.02. The summed E-state index contributed by atoms with van der Waals surface area (Å²) in [6.07, 6.45) is 3.02. The predicted octanol–water partition coefficient (Wildman–Crippen LogP) is 1.64. The molecular formula is C15H17N3O3. The number of aromatic nitrogens is 2. The molecule has 0 saturated carbocycles. The molecule has 6 nitrogen and oxygen atoms in total. The second-order valence-corrected chi connectivity index (χ2v) is 5.43. The number of imidazole rings is 1. The Labute approximate surface area is 122 Å². The number of rotatable bonds is 2. The molecule has 110 valence electrons. The van der Waals surface area contributed by atoms with Gasteiger partial charge in [-0.25, -0.2) is 9.78 Å². The molecule has 0 aliphatic carbocycles. The monoisotopic (exact) mass is 287 g/mol. The molecule has 1 N–H and O–H groups in total. The maximum absolute atomic E-state index is 12.8. The van der Waals surface area contributed by atoms with Crippen LogP contribution in [-0.4, -0.2) is 43.9 Å². The minimum Gasteiger partial charge on any atom is -0.480 e. The van der Waals surface area contributed by atoms with E-state index in [1.807, 2.05) is 19.1 Å². The molecule has 1 fully saturated rings. The number of carbonyl (C=O) groups is 2. The van der Waals surface area contributed by atoms with Crippen LogP contribution in [0.3, 0.4) is 0 Å². The van der Waals surface area contributed by atoms with Gasteiger partial charge in [-0.3, -0.25) is 9.20 Å². The van der Waals surface area contributed by atoms with E-state index in [9.17, 15) is 14.7 Å². The normalized spacial score (nSPS) is 18.4. The first kappa shape index (κ1) is 13.6. The zero-order valence-electron chi connectivity index (χ0n) is 12.0. The molecular weight excluding hydrogens is 270 g/mol. The number of carboxylic acid groups (broad SMARTS) is 1. The number of aryl methyl sites for hydroxylation is 2. The van der Waals surface area contributed by atoms with Crippen LogP contribution in [0.15, 0.2) is 18.3 Å². The first-order valence-corrected chi connectivity index (χ1v) is 6.98. The first-order chi connectivity index (χ1) is 10.0. The Kier molecular flexibility index (Phi) is 3.16. The van der Waals surface area contributed by atoms with E-state index in [1.165, 1.54) is 4.90 Å². The second-order valence-electron chi connectivity index (χ2n) is 5.43. The molecule has 1 atom stereocenters. The van der Waals surface area contributed by atoms with Gasteiger partial charge in [0.1, 0.15) is 17.4 Å². The Hall–Kier alpha value is -2.37. The van der Waals surface area contributed by atoms with Gasteiger partial charge >= 0.3 is 5.97 Å². The third-order valence-electron chi connectivity index (χ3n) is 4.02. The van der Waals surface area contributed by atoms with E-state index in [0.717, 1.165) is 17.6 Å². The van der Waals surface area contributed by atoms with Crippen LogP contribution in [0.5, 0.6) is 0 Å². The number of hydrogen-bond donors (Lipinski definition) is 1. The summed E-state index contributed by atoms with van der Waals surface area (Å²) in [6.45, 7) is 4.20. The van der Waals surface area contributed by atoms with Crippen molar-refractivity contribution in [2.75, 3.05) is 6.54 Å². The molecule has 1 saturated heterocycles. The summed E-state index contributed by atoms with van der Waals surface area (Å²) in [5.74, 6) is -1.20. The molecule has 0 aromatic carbocycles. The van der Waals surface area contributed by atoms with Gasteiger partial charge in [-0.1, -0.05) is 6.07 Å². The van der Waals surface area contributed by atoms with Crippen molar-refractivity contribution < 1.29 is 14.7 Å². The molecule has 1 aliphatic heterocycles. The van der Waals surface area contributed by atoms with Crippen LogP contribution in [0.25, 0.3) is 5.65 Å². The molecule has 0 bridgehead atoms. The number of hydrogen-bond acceptors (Lipinski definition) is 3. The van der Waals surface area contributed by atoms with Crippen molar-refractivity contribution in [2.45, 2.75) is 32.7 Å². The van der Waals surface area contributed by atoms with Crippen molar-refractivity contribution >= 4 is 17.5 Å². The fourth-order valence-corrected chi connectivity index (χ4v) is 2.98. The summed E-state index contributed by atoms with van der Waals surface area (Å²) >= 11 is 0. The summed E-state index contributed by atoms with van der Waals surface area (Å²) < 4.78 is 1.75. The number of carbonyl (C=O) groups excluding carboxylic acids is 1. The molecule has 2 aromatic heterocycles. The van der Waals surface area contributed by atoms with E-state index >= 15 is 0 Å². The van der Waals surface area contributed by atoms with E-state index in [0.29, 0.717) is 24.4 Å². The maximum atomic E-state index is 12.8. The summed E-state index contributed by atoms with van der Waals surface area (Å²) in [4.78, 5) is 29.9. The maximum Gasteiger partial charge on any atom is 0.326 e. The van der Waals surface area contributed by atoms with Crippen LogP contribution >= 0.6 is 0 Å². The van der Waals surface area contributed by atoms with E-state index in [1.54, 1.807) is 17.5 Å². The number of carboxylic acids is 1. The van der Waals surface area contributed by atoms with E-state index in [-0.39, 0.29) is 5.91 Å². The highest BCUT2D eigenvalue weighted by Crippen LogP contribution is 2.23. The van der Waals surface area contributed by atoms with Gasteiger partial charge in [0.15, 0.2) is 0 Å². The number of fused-ring (bicyclic) bond motifs is 1. The zero-order chi connectivity index (χ0) is 15.1. The molecule has 0 radical (unpaired) electrons. The minimum absolute atomic E-state index is 0.254. The van der Waals surface area contributed by atoms with Gasteiger partial charge in [0, 0.05) is 12.7 Å². The molecule has 1 aliphatic rings. The van der Waals surface area contributed by atoms with E-state index in [4.69, 9.17) is 0 Å². The standard InChI is InChI=1S/C15H17N3O3/c1-9-5-3-8-18-12(10(2)16-13(9)18)14(19)17-7-4-6-11(17)15(20)21/h3,5,8,11H,4,6-7H2,1-2H3,(H,20,21). The second kappa shape index (κ2) is 4.87. The average molecular weight is 287 g/mol. The topological polar surface area (TPSA) is 74.9 Å². The Bertz CT molecular complexity index is 735. The van der Waals surface area contributed by atoms with E-state index < -0.39 is 12.0 Å². The number of nitrogens with zero attached hydrogens (tertiary/aromatic N) is 3. The molecule has 6 heteroatoms. The molecule has 3 rings (SSSR count). The SMILES string of the molecule is Cc1nc2c(C)cccn2c1C(=O)N1CCCC1C(=O)O. The van der Waals surface area contributed by atoms with Crippen LogP contribution in [0, 0.1) is 13.8 Å². The lowest BCUT2D eigenvalue weighted by Gasteiger charge is -2.21. The summed E-state index contributed by atoms with van der Waals surface area (Å²) in [7, 11) is 0. The first-order valence-electron chi connectivity index (χ1n) is 6.98. The molecule has 3 heterocycles. The van der Waals surface area contributed by atoms with Gasteiger partial charge in [-0.2, -0.15) is 0 Å². The van der Waals surface area contributed by atoms with Crippen LogP contribution in [0.2, 0.25) is 0 Å². The fourth-order valence-electron chi connectivity index (χ4n) is 2.98. The Morgan fingerprint density at radius 2 is 2.14 bits per heavy atom. The number of pyridine rings is 1. The third kappa shape index (κ3) is 2.07. The molecule has 0 spiro atoms. The van der Waals surface area contributed by atoms with E-state index in [2.05, 4.69) is 4.98 Å². The summed E-state index contributed by atoms with van der Waals surface area (Å²) in [6, 6.07) is 3.07. The number of aliphatic carboxylic acids is 1. The molecule has 21 heavy (non-hydrogen) atoms. The van der Waals surface area contributed by atoms with Crippen molar-refractivity contribution in [3.05, 3.63) is 35.3 Å². The van der Waals surface area contributed by atoms with Gasteiger partial charge in [-0.15, -0.1) is 0 Å². The largest absolute Gasteiger partial charge is 0.480 e. The highest BCUT2D eigenvalue weighted by Gasteiger charge is 2.36. The lowest BCUT2D eigenvalue weighted by atomic mass is 10.2. The van der Waals surface area contributed by atoms with Crippen molar-refractivity contribution in [2.24, 2.45) is 0 Å². The third-order valence-corrected chi connectivity index (χ3v) is 4.02. The summed E-state index contributed by atoms with van der Waals surface area (Å²) in [5.41, 5.74) is 2.81. The highest BCUT2D eigenvalue weighted by atomic mass is 16.4. The smallest absolute Gasteiger partial charge is 0.326 e. The quantitative estimate of drug-likeness (QED) is 0.911. The van der Waals surface area contributed by atoms with Gasteiger partial charge < -0.3 is 10.0 Å². The van der Waals surface area contributed by atoms with Gasteiger partial charge in [0.25, 0.3) is 5.91 Å². The van der Waals surface area contributed by atoms with Crippen molar-refractivity contribution in [3.8, 4) is 0 Å². The van der Waals surface area contributed by atoms with Gasteiger partial charge in [-0.05, 0) is 38.3 Å². The zero-order valence-corrected chi connectivity index (χ0v) is 12.0. The highest BCUT2D eigenvalue weighted by molar-refractivity contribution is 5.97. The predicted molar refractivity (Wildman–Crippen MR) is 76.4 cm³/mol. The fraction of sp³-hybridized carbons (Fsp3) is 0.400. The Morgan fingerprint density at radius 3 is 2.86 bits per heavy atom.